The van der Waals surface area contributed by atoms with Crippen LogP contribution in [0.25, 0.3) is 11.1 Å². The maximum atomic E-state index is 14.9. The van der Waals surface area contributed by atoms with Gasteiger partial charge in [-0.05, 0) is 71.0 Å². The van der Waals surface area contributed by atoms with Crippen molar-refractivity contribution in [1.29, 1.82) is 0 Å². The fourth-order valence-corrected chi connectivity index (χ4v) is 4.11. The molecule has 5 heteroatoms. The average molecular weight is 493 g/mol. The van der Waals surface area contributed by atoms with Gasteiger partial charge in [-0.3, -0.25) is 4.79 Å². The smallest absolute Gasteiger partial charge is 0.304 e. The summed E-state index contributed by atoms with van der Waals surface area (Å²) >= 11 is 0. The molecule has 0 radical (unpaired) electrons. The fourth-order valence-electron chi connectivity index (χ4n) is 4.11. The van der Waals surface area contributed by atoms with Crippen molar-refractivity contribution >= 4 is 5.97 Å². The van der Waals surface area contributed by atoms with E-state index in [1.165, 1.54) is 6.07 Å². The quantitative estimate of drug-likeness (QED) is 0.306. The number of carboxylic acid groups (broad SMARTS) is 1. The highest BCUT2D eigenvalue weighted by molar-refractivity contribution is 5.71. The zero-order valence-corrected chi connectivity index (χ0v) is 21.0. The molecule has 3 rings (SSSR count). The van der Waals surface area contributed by atoms with Crippen molar-refractivity contribution in [3.63, 3.8) is 0 Å². The molecule has 0 heterocycles. The third-order valence-corrected chi connectivity index (χ3v) is 6.02. The maximum Gasteiger partial charge on any atom is 0.304 e. The van der Waals surface area contributed by atoms with Crippen molar-refractivity contribution in [2.75, 3.05) is 7.11 Å². The number of carboxylic acids is 1. The molecular weight excluding hydrogens is 455 g/mol. The van der Waals surface area contributed by atoms with Crippen LogP contribution in [0.1, 0.15) is 64.2 Å². The standard InChI is InChI=1S/C30H33FO4.CH4/c1-19(2)24(17-29(32)33)21-8-10-22(11-9-21)35-18-20-7-13-27(30(3,4)5)25(15-20)26-16-23(34-6)12-14-28(26)31;/h7-16,24H,1,17-18H2,2-6H3,(H,32,33);1H4/t24-;/m1./s1. The first-order valence-corrected chi connectivity index (χ1v) is 11.6. The average Bonchev–Trinajstić information content (AvgIpc) is 2.81. The molecule has 3 aromatic carbocycles. The number of ether oxygens (including phenoxy) is 2. The van der Waals surface area contributed by atoms with E-state index in [4.69, 9.17) is 9.47 Å². The lowest BCUT2D eigenvalue weighted by molar-refractivity contribution is -0.137. The van der Waals surface area contributed by atoms with Gasteiger partial charge in [0.25, 0.3) is 0 Å². The molecule has 1 atom stereocenters. The highest BCUT2D eigenvalue weighted by Crippen LogP contribution is 2.37. The molecule has 0 saturated heterocycles. The van der Waals surface area contributed by atoms with Crippen LogP contribution in [0.15, 0.2) is 72.8 Å². The van der Waals surface area contributed by atoms with Gasteiger partial charge < -0.3 is 14.6 Å². The van der Waals surface area contributed by atoms with Gasteiger partial charge in [-0.1, -0.05) is 64.6 Å². The Morgan fingerprint density at radius 1 is 1.00 bits per heavy atom. The predicted octanol–water partition coefficient (Wildman–Crippen LogP) is 8.15. The highest BCUT2D eigenvalue weighted by atomic mass is 19.1. The Balaban J connectivity index is 0.00000456. The van der Waals surface area contributed by atoms with Gasteiger partial charge in [-0.15, -0.1) is 0 Å². The molecule has 4 nitrogen and oxygen atoms in total. The highest BCUT2D eigenvalue weighted by Gasteiger charge is 2.21. The van der Waals surface area contributed by atoms with Gasteiger partial charge in [-0.25, -0.2) is 4.39 Å². The van der Waals surface area contributed by atoms with Crippen LogP contribution < -0.4 is 9.47 Å². The first-order valence-electron chi connectivity index (χ1n) is 11.6. The van der Waals surface area contributed by atoms with E-state index in [2.05, 4.69) is 27.4 Å². The lowest BCUT2D eigenvalue weighted by Gasteiger charge is -2.24. The predicted molar refractivity (Wildman–Crippen MR) is 144 cm³/mol. The Hall–Kier alpha value is -3.60. The summed E-state index contributed by atoms with van der Waals surface area (Å²) in [7, 11) is 1.57. The molecule has 0 spiro atoms. The molecular formula is C31H37FO4. The minimum absolute atomic E-state index is 0. The van der Waals surface area contributed by atoms with E-state index in [0.717, 1.165) is 27.8 Å². The second-order valence-corrected chi connectivity index (χ2v) is 9.83. The summed E-state index contributed by atoms with van der Waals surface area (Å²) in [4.78, 5) is 11.2. The second-order valence-electron chi connectivity index (χ2n) is 9.83. The molecule has 192 valence electrons. The van der Waals surface area contributed by atoms with Crippen molar-refractivity contribution in [1.82, 2.24) is 0 Å². The summed E-state index contributed by atoms with van der Waals surface area (Å²) in [6.45, 7) is 12.4. The lowest BCUT2D eigenvalue weighted by atomic mass is 9.81. The van der Waals surface area contributed by atoms with E-state index < -0.39 is 5.97 Å². The van der Waals surface area contributed by atoms with Crippen LogP contribution in [0.4, 0.5) is 4.39 Å². The number of hydrogen-bond acceptors (Lipinski definition) is 3. The van der Waals surface area contributed by atoms with E-state index in [0.29, 0.717) is 23.7 Å². The molecule has 0 fully saturated rings. The number of benzene rings is 3. The first kappa shape index (κ1) is 28.6. The molecule has 0 aliphatic carbocycles. The second kappa shape index (κ2) is 11.9. The lowest BCUT2D eigenvalue weighted by Crippen LogP contribution is -2.13. The first-order chi connectivity index (χ1) is 16.5. The maximum absolute atomic E-state index is 14.9. The largest absolute Gasteiger partial charge is 0.497 e. The number of allylic oxidation sites excluding steroid dienone is 1. The van der Waals surface area contributed by atoms with Crippen molar-refractivity contribution in [3.05, 3.63) is 95.3 Å². The number of rotatable bonds is 9. The topological polar surface area (TPSA) is 55.8 Å². The van der Waals surface area contributed by atoms with Crippen molar-refractivity contribution in [3.8, 4) is 22.6 Å². The van der Waals surface area contributed by atoms with E-state index in [1.807, 2.05) is 49.4 Å². The Kier molecular flexibility index (Phi) is 9.46. The van der Waals surface area contributed by atoms with Gasteiger partial charge in [0, 0.05) is 11.5 Å². The van der Waals surface area contributed by atoms with E-state index >= 15 is 0 Å². The van der Waals surface area contributed by atoms with E-state index in [-0.39, 0.29) is 31.0 Å². The molecule has 0 bridgehead atoms. The van der Waals surface area contributed by atoms with Crippen molar-refractivity contribution in [2.24, 2.45) is 0 Å². The zero-order valence-electron chi connectivity index (χ0n) is 21.0. The summed E-state index contributed by atoms with van der Waals surface area (Å²) in [5, 5.41) is 9.18. The van der Waals surface area contributed by atoms with Crippen molar-refractivity contribution < 1.29 is 23.8 Å². The van der Waals surface area contributed by atoms with Gasteiger partial charge in [0.15, 0.2) is 0 Å². The van der Waals surface area contributed by atoms with Crippen LogP contribution in [-0.2, 0) is 16.8 Å². The van der Waals surface area contributed by atoms with Crippen LogP contribution in [0.3, 0.4) is 0 Å². The molecule has 36 heavy (non-hydrogen) atoms. The van der Waals surface area contributed by atoms with E-state index in [1.54, 1.807) is 19.2 Å². The van der Waals surface area contributed by atoms with Crippen LogP contribution in [0, 0.1) is 5.82 Å². The minimum atomic E-state index is -0.861. The van der Waals surface area contributed by atoms with E-state index in [9.17, 15) is 14.3 Å². The number of hydrogen-bond donors (Lipinski definition) is 1. The SMILES string of the molecule is C.C=C(C)[C@@H](CC(=O)O)c1ccc(OCc2ccc(C(C)(C)C)c(-c3cc(OC)ccc3F)c2)cc1. The van der Waals surface area contributed by atoms with Crippen LogP contribution in [-0.4, -0.2) is 18.2 Å². The molecule has 0 aliphatic heterocycles. The van der Waals surface area contributed by atoms with Gasteiger partial charge in [0.2, 0.25) is 0 Å². The molecule has 3 aromatic rings. The Labute approximate surface area is 214 Å². The molecule has 0 aliphatic rings. The normalized spacial score (nSPS) is 11.8. The molecule has 0 amide bonds. The Bertz CT molecular complexity index is 1210. The third-order valence-electron chi connectivity index (χ3n) is 6.02. The minimum Gasteiger partial charge on any atom is -0.497 e. The number of methoxy groups -OCH3 is 1. The number of halogens is 1. The number of aliphatic carboxylic acids is 1. The van der Waals surface area contributed by atoms with Gasteiger partial charge >= 0.3 is 5.97 Å². The molecule has 0 unspecified atom stereocenters. The van der Waals surface area contributed by atoms with Gasteiger partial charge in [-0.2, -0.15) is 0 Å². The molecule has 0 saturated carbocycles. The van der Waals surface area contributed by atoms with Gasteiger partial charge in [0.05, 0.1) is 13.5 Å². The molecule has 0 aromatic heterocycles. The monoisotopic (exact) mass is 492 g/mol. The Morgan fingerprint density at radius 2 is 1.64 bits per heavy atom. The van der Waals surface area contributed by atoms with Crippen LogP contribution in [0.2, 0.25) is 0 Å². The summed E-state index contributed by atoms with van der Waals surface area (Å²) in [5.74, 6) is -0.150. The van der Waals surface area contributed by atoms with Crippen LogP contribution in [0.5, 0.6) is 11.5 Å². The Morgan fingerprint density at radius 3 is 2.19 bits per heavy atom. The van der Waals surface area contributed by atoms with Gasteiger partial charge in [0.1, 0.15) is 23.9 Å². The fraction of sp³-hybridized carbons (Fsp3) is 0.323. The molecule has 1 N–H and O–H groups in total. The summed E-state index contributed by atoms with van der Waals surface area (Å²) in [6.07, 6.45) is -0.000724. The third kappa shape index (κ3) is 6.97. The number of carbonyl (C=O) groups is 1. The van der Waals surface area contributed by atoms with Crippen molar-refractivity contribution in [2.45, 2.75) is 59.5 Å². The zero-order chi connectivity index (χ0) is 25.8. The van der Waals surface area contributed by atoms with Crippen LogP contribution >= 0.6 is 0 Å². The summed E-state index contributed by atoms with van der Waals surface area (Å²) in [6, 6.07) is 18.2. The summed E-state index contributed by atoms with van der Waals surface area (Å²) < 4.78 is 26.2. The summed E-state index contributed by atoms with van der Waals surface area (Å²) in [5.41, 5.74) is 4.74.